The highest BCUT2D eigenvalue weighted by atomic mass is 16.5. The lowest BCUT2D eigenvalue weighted by Crippen LogP contribution is -2.11. The largest absolute Gasteiger partial charge is 0.454 e. The van der Waals surface area contributed by atoms with E-state index in [2.05, 4.69) is 43.0 Å². The molecule has 0 radical (unpaired) electrons. The third-order valence-corrected chi connectivity index (χ3v) is 5.36. The van der Waals surface area contributed by atoms with Crippen LogP contribution in [0.1, 0.15) is 33.2 Å². The summed E-state index contributed by atoms with van der Waals surface area (Å²) < 4.78 is 5.91. The van der Waals surface area contributed by atoms with Gasteiger partial charge in [-0.05, 0) is 50.9 Å². The van der Waals surface area contributed by atoms with Crippen molar-refractivity contribution in [2.24, 2.45) is 0 Å². The summed E-state index contributed by atoms with van der Waals surface area (Å²) >= 11 is 0. The van der Waals surface area contributed by atoms with Crippen LogP contribution in [0.5, 0.6) is 0 Å². The second-order valence-corrected chi connectivity index (χ2v) is 6.99. The van der Waals surface area contributed by atoms with Crippen molar-refractivity contribution in [2.45, 2.75) is 12.5 Å². The van der Waals surface area contributed by atoms with Crippen LogP contribution in [0.25, 0.3) is 27.6 Å². The van der Waals surface area contributed by atoms with Crippen molar-refractivity contribution >= 4 is 33.6 Å². The van der Waals surface area contributed by atoms with Crippen molar-refractivity contribution in [3.63, 3.8) is 0 Å². The average molecular weight is 350 g/mol. The van der Waals surface area contributed by atoms with Crippen molar-refractivity contribution in [3.8, 4) is 0 Å². The molecule has 0 aliphatic heterocycles. The Hall–Kier alpha value is -3.39. The lowest BCUT2D eigenvalue weighted by Gasteiger charge is -2.14. The van der Waals surface area contributed by atoms with Gasteiger partial charge in [-0.25, -0.2) is 4.79 Å². The molecule has 2 heteroatoms. The van der Waals surface area contributed by atoms with Crippen LogP contribution in [0.4, 0.5) is 0 Å². The first kappa shape index (κ1) is 15.8. The minimum atomic E-state index is -0.278. The van der Waals surface area contributed by atoms with Crippen LogP contribution in [0, 0.1) is 0 Å². The summed E-state index contributed by atoms with van der Waals surface area (Å²) in [7, 11) is 0. The highest BCUT2D eigenvalue weighted by molar-refractivity contribution is 5.97. The van der Waals surface area contributed by atoms with E-state index in [1.165, 1.54) is 16.3 Å². The summed E-state index contributed by atoms with van der Waals surface area (Å²) in [6, 6.07) is 24.2. The predicted octanol–water partition coefficient (Wildman–Crippen LogP) is 6.09. The molecule has 0 fully saturated rings. The van der Waals surface area contributed by atoms with Crippen LogP contribution in [0.3, 0.4) is 0 Å². The van der Waals surface area contributed by atoms with Crippen molar-refractivity contribution in [1.82, 2.24) is 0 Å². The molecule has 4 aromatic rings. The standard InChI is InChI=1S/C25H18O2/c1-2-16-9-10-19-14-21(12-11-18(19)13-16)25(26)27-23-15-20-7-3-5-17-6-4-8-22(23)24(17)20/h2-14,23H,1,15H2. The number of esters is 1. The van der Waals surface area contributed by atoms with Crippen LogP contribution in [0.2, 0.25) is 0 Å². The van der Waals surface area contributed by atoms with Crippen LogP contribution in [-0.4, -0.2) is 5.97 Å². The molecule has 1 unspecified atom stereocenters. The molecule has 27 heavy (non-hydrogen) atoms. The Morgan fingerprint density at radius 2 is 1.70 bits per heavy atom. The van der Waals surface area contributed by atoms with Gasteiger partial charge in [-0.1, -0.05) is 67.3 Å². The molecule has 0 heterocycles. The Morgan fingerprint density at radius 3 is 2.56 bits per heavy atom. The third kappa shape index (κ3) is 2.61. The smallest absolute Gasteiger partial charge is 0.338 e. The van der Waals surface area contributed by atoms with Crippen molar-refractivity contribution in [2.75, 3.05) is 0 Å². The maximum absolute atomic E-state index is 12.8. The minimum Gasteiger partial charge on any atom is -0.454 e. The number of ether oxygens (including phenoxy) is 1. The molecule has 0 N–H and O–H groups in total. The van der Waals surface area contributed by atoms with Gasteiger partial charge in [-0.2, -0.15) is 0 Å². The Labute approximate surface area is 157 Å². The first-order valence-corrected chi connectivity index (χ1v) is 9.11. The van der Waals surface area contributed by atoms with Crippen molar-refractivity contribution in [3.05, 3.63) is 102 Å². The Morgan fingerprint density at radius 1 is 0.926 bits per heavy atom. The topological polar surface area (TPSA) is 26.3 Å². The van der Waals surface area contributed by atoms with Gasteiger partial charge < -0.3 is 4.74 Å². The summed E-state index contributed by atoms with van der Waals surface area (Å²) in [4.78, 5) is 12.8. The molecule has 1 atom stereocenters. The molecule has 0 amide bonds. The zero-order chi connectivity index (χ0) is 18.4. The van der Waals surface area contributed by atoms with Gasteiger partial charge in [0, 0.05) is 12.0 Å². The molecule has 0 aromatic heterocycles. The fourth-order valence-corrected chi connectivity index (χ4v) is 4.02. The van der Waals surface area contributed by atoms with Crippen LogP contribution in [-0.2, 0) is 11.2 Å². The number of hydrogen-bond donors (Lipinski definition) is 0. The fourth-order valence-electron chi connectivity index (χ4n) is 4.02. The van der Waals surface area contributed by atoms with Gasteiger partial charge in [0.25, 0.3) is 0 Å². The molecule has 0 bridgehead atoms. The lowest BCUT2D eigenvalue weighted by molar-refractivity contribution is 0.0311. The number of carbonyl (C=O) groups excluding carboxylic acids is 1. The van der Waals surface area contributed by atoms with Crippen molar-refractivity contribution in [1.29, 1.82) is 0 Å². The van der Waals surface area contributed by atoms with Gasteiger partial charge in [-0.3, -0.25) is 0 Å². The molecule has 5 rings (SSSR count). The monoisotopic (exact) mass is 350 g/mol. The Balaban J connectivity index is 1.45. The first-order valence-electron chi connectivity index (χ1n) is 9.11. The zero-order valence-electron chi connectivity index (χ0n) is 14.8. The van der Waals surface area contributed by atoms with E-state index >= 15 is 0 Å². The highest BCUT2D eigenvalue weighted by Gasteiger charge is 2.27. The van der Waals surface area contributed by atoms with E-state index in [9.17, 15) is 4.79 Å². The molecule has 130 valence electrons. The third-order valence-electron chi connectivity index (χ3n) is 5.36. The van der Waals surface area contributed by atoms with Gasteiger partial charge in [0.1, 0.15) is 6.10 Å². The molecule has 2 nitrogen and oxygen atoms in total. The van der Waals surface area contributed by atoms with Crippen molar-refractivity contribution < 1.29 is 9.53 Å². The van der Waals surface area contributed by atoms with Gasteiger partial charge >= 0.3 is 5.97 Å². The molecular weight excluding hydrogens is 332 g/mol. The zero-order valence-corrected chi connectivity index (χ0v) is 14.8. The summed E-state index contributed by atoms with van der Waals surface area (Å²) in [6.07, 6.45) is 2.33. The molecule has 1 aliphatic rings. The summed E-state index contributed by atoms with van der Waals surface area (Å²) in [5, 5.41) is 4.54. The predicted molar refractivity (Wildman–Crippen MR) is 110 cm³/mol. The van der Waals surface area contributed by atoms with E-state index in [1.807, 2.05) is 42.5 Å². The Kier molecular flexibility index (Phi) is 3.58. The van der Waals surface area contributed by atoms with Crippen LogP contribution >= 0.6 is 0 Å². The van der Waals surface area contributed by atoms with Gasteiger partial charge in [0.15, 0.2) is 0 Å². The van der Waals surface area contributed by atoms with Crippen LogP contribution < -0.4 is 0 Å². The van der Waals surface area contributed by atoms with Gasteiger partial charge in [0.2, 0.25) is 0 Å². The van der Waals surface area contributed by atoms with Crippen LogP contribution in [0.15, 0.2) is 79.4 Å². The molecule has 0 saturated carbocycles. The Bertz CT molecular complexity index is 1210. The number of hydrogen-bond acceptors (Lipinski definition) is 2. The van der Waals surface area contributed by atoms with E-state index < -0.39 is 0 Å². The maximum atomic E-state index is 12.8. The normalized spacial score (nSPS) is 15.2. The molecule has 0 saturated heterocycles. The minimum absolute atomic E-state index is 0.225. The van der Waals surface area contributed by atoms with E-state index in [4.69, 9.17) is 4.74 Å². The molecular formula is C25H18O2. The van der Waals surface area contributed by atoms with E-state index in [0.29, 0.717) is 5.56 Å². The number of fused-ring (bicyclic) bond motifs is 1. The molecule has 0 spiro atoms. The fraction of sp³-hybridized carbons (Fsp3) is 0.0800. The van der Waals surface area contributed by atoms with E-state index in [-0.39, 0.29) is 12.1 Å². The van der Waals surface area contributed by atoms with Gasteiger partial charge in [-0.15, -0.1) is 0 Å². The molecule has 1 aliphatic carbocycles. The number of carbonyl (C=O) groups is 1. The SMILES string of the molecule is C=Cc1ccc2cc(C(=O)OC3Cc4cccc5cccc3c45)ccc2c1. The maximum Gasteiger partial charge on any atom is 0.338 e. The number of rotatable bonds is 3. The van der Waals surface area contributed by atoms with E-state index in [0.717, 1.165) is 28.3 Å². The van der Waals surface area contributed by atoms with E-state index in [1.54, 1.807) is 0 Å². The summed E-state index contributed by atoms with van der Waals surface area (Å²) in [5.74, 6) is -0.278. The second kappa shape index (κ2) is 6.10. The molecule has 4 aromatic carbocycles. The van der Waals surface area contributed by atoms with Gasteiger partial charge in [0.05, 0.1) is 5.56 Å². The first-order chi connectivity index (χ1) is 13.2. The summed E-state index contributed by atoms with van der Waals surface area (Å²) in [6.45, 7) is 3.80. The average Bonchev–Trinajstić information content (AvgIpc) is 3.06. The lowest BCUT2D eigenvalue weighted by atomic mass is 10.0. The second-order valence-electron chi connectivity index (χ2n) is 6.99. The highest BCUT2D eigenvalue weighted by Crippen LogP contribution is 2.39. The number of benzene rings is 4. The summed E-state index contributed by atoms with van der Waals surface area (Å²) in [5.41, 5.74) is 4.00. The quantitative estimate of drug-likeness (QED) is 0.418.